The topological polar surface area (TPSA) is 42.0 Å². The fourth-order valence-electron chi connectivity index (χ4n) is 1.45. The Hall–Kier alpha value is -1.39. The van der Waals surface area contributed by atoms with Gasteiger partial charge in [-0.25, -0.2) is 4.98 Å². The summed E-state index contributed by atoms with van der Waals surface area (Å²) in [6, 6.07) is 10.5. The van der Waals surface area contributed by atoms with Crippen LogP contribution < -0.4 is 5.32 Å². The summed E-state index contributed by atoms with van der Waals surface area (Å²) in [5.41, 5.74) is 1.85. The van der Waals surface area contributed by atoms with Gasteiger partial charge in [0.15, 0.2) is 0 Å². The fourth-order valence-corrected chi connectivity index (χ4v) is 2.23. The molecule has 1 heterocycles. The Morgan fingerprint density at radius 2 is 2.11 bits per heavy atom. The fraction of sp³-hybridized carbons (Fsp3) is 0.0769. The summed E-state index contributed by atoms with van der Waals surface area (Å²) in [7, 11) is 0. The van der Waals surface area contributed by atoms with E-state index in [1.165, 1.54) is 0 Å². The maximum atomic E-state index is 12.0. The Bertz CT molecular complexity index is 601. The van der Waals surface area contributed by atoms with E-state index < -0.39 is 0 Å². The first kappa shape index (κ1) is 13.1. The molecule has 1 aromatic heterocycles. The molecule has 1 aromatic carbocycles. The first-order valence-corrected chi connectivity index (χ1v) is 6.43. The number of carbonyl (C=O) groups is 1. The van der Waals surface area contributed by atoms with E-state index in [2.05, 4.69) is 26.2 Å². The molecule has 0 atom stereocenters. The summed E-state index contributed by atoms with van der Waals surface area (Å²) in [5, 5.41) is 3.38. The molecule has 0 saturated carbocycles. The molecular formula is C13H10BrClN2O. The number of carbonyl (C=O) groups excluding carboxylic acids is 1. The molecule has 0 aliphatic carbocycles. The van der Waals surface area contributed by atoms with Crippen LogP contribution in [0.1, 0.15) is 16.2 Å². The molecule has 2 rings (SSSR count). The minimum atomic E-state index is -0.248. The third-order valence-electron chi connectivity index (χ3n) is 2.30. The molecule has 92 valence electrons. The van der Waals surface area contributed by atoms with E-state index in [0.29, 0.717) is 16.4 Å². The number of rotatable bonds is 2. The van der Waals surface area contributed by atoms with E-state index in [9.17, 15) is 4.79 Å². The summed E-state index contributed by atoms with van der Waals surface area (Å²) in [4.78, 5) is 16.1. The lowest BCUT2D eigenvalue weighted by molar-refractivity contribution is 0.102. The monoisotopic (exact) mass is 324 g/mol. The average Bonchev–Trinajstić information content (AvgIpc) is 2.32. The summed E-state index contributed by atoms with van der Waals surface area (Å²) < 4.78 is 0.732. The summed E-state index contributed by atoms with van der Waals surface area (Å²) in [6.07, 6.45) is 0. The lowest BCUT2D eigenvalue weighted by Gasteiger charge is -2.07. The van der Waals surface area contributed by atoms with Crippen molar-refractivity contribution in [3.63, 3.8) is 0 Å². The normalized spacial score (nSPS) is 10.2. The van der Waals surface area contributed by atoms with Gasteiger partial charge in [0.2, 0.25) is 0 Å². The smallest absolute Gasteiger partial charge is 0.274 e. The van der Waals surface area contributed by atoms with Gasteiger partial charge in [0, 0.05) is 15.2 Å². The van der Waals surface area contributed by atoms with Crippen LogP contribution in [-0.2, 0) is 0 Å². The number of hydrogen-bond donors (Lipinski definition) is 1. The van der Waals surface area contributed by atoms with E-state index >= 15 is 0 Å². The van der Waals surface area contributed by atoms with Crippen LogP contribution in [0.3, 0.4) is 0 Å². The van der Waals surface area contributed by atoms with Gasteiger partial charge in [-0.3, -0.25) is 4.79 Å². The Labute approximate surface area is 118 Å². The zero-order chi connectivity index (χ0) is 13.1. The van der Waals surface area contributed by atoms with Crippen molar-refractivity contribution >= 4 is 39.1 Å². The molecule has 0 radical (unpaired) electrons. The van der Waals surface area contributed by atoms with E-state index in [-0.39, 0.29) is 5.91 Å². The van der Waals surface area contributed by atoms with Crippen molar-refractivity contribution in [3.05, 3.63) is 57.3 Å². The number of hydrogen-bond acceptors (Lipinski definition) is 2. The van der Waals surface area contributed by atoms with Crippen LogP contribution in [0, 0.1) is 6.92 Å². The van der Waals surface area contributed by atoms with Crippen LogP contribution >= 0.6 is 27.5 Å². The number of aryl methyl sites for hydroxylation is 1. The zero-order valence-corrected chi connectivity index (χ0v) is 11.9. The third kappa shape index (κ3) is 3.09. The molecule has 0 aliphatic heterocycles. The predicted molar refractivity (Wildman–Crippen MR) is 76.1 cm³/mol. The lowest BCUT2D eigenvalue weighted by Crippen LogP contribution is -2.14. The third-order valence-corrected chi connectivity index (χ3v) is 3.19. The highest BCUT2D eigenvalue weighted by Crippen LogP contribution is 2.26. The lowest BCUT2D eigenvalue weighted by atomic mass is 10.2. The molecule has 0 saturated heterocycles. The molecule has 1 N–H and O–H groups in total. The van der Waals surface area contributed by atoms with Gasteiger partial charge in [0.05, 0.1) is 5.69 Å². The van der Waals surface area contributed by atoms with Crippen molar-refractivity contribution in [3.8, 4) is 0 Å². The molecule has 0 bridgehead atoms. The maximum Gasteiger partial charge on any atom is 0.274 e. The number of anilines is 1. The summed E-state index contributed by atoms with van der Waals surface area (Å²) in [5.74, 6) is -0.248. The molecular weight excluding hydrogens is 316 g/mol. The van der Waals surface area contributed by atoms with Crippen molar-refractivity contribution < 1.29 is 4.79 Å². The van der Waals surface area contributed by atoms with Crippen LogP contribution in [0.25, 0.3) is 0 Å². The largest absolute Gasteiger partial charge is 0.320 e. The van der Waals surface area contributed by atoms with Crippen LogP contribution in [0.5, 0.6) is 0 Å². The number of aromatic nitrogens is 1. The quantitative estimate of drug-likeness (QED) is 0.905. The second kappa shape index (κ2) is 5.50. The molecule has 5 heteroatoms. The van der Waals surface area contributed by atoms with E-state index in [1.807, 2.05) is 13.0 Å². The number of halogens is 2. The molecule has 0 fully saturated rings. The molecule has 2 aromatic rings. The van der Waals surface area contributed by atoms with Crippen LogP contribution in [0.2, 0.25) is 5.02 Å². The van der Waals surface area contributed by atoms with Crippen molar-refractivity contribution in [2.45, 2.75) is 6.92 Å². The average molecular weight is 326 g/mol. The Morgan fingerprint density at radius 1 is 1.33 bits per heavy atom. The van der Waals surface area contributed by atoms with Crippen molar-refractivity contribution in [1.29, 1.82) is 0 Å². The number of benzene rings is 1. The first-order valence-electron chi connectivity index (χ1n) is 5.26. The highest BCUT2D eigenvalue weighted by molar-refractivity contribution is 9.10. The number of nitrogens with one attached hydrogen (secondary N) is 1. The zero-order valence-electron chi connectivity index (χ0n) is 9.58. The van der Waals surface area contributed by atoms with Crippen molar-refractivity contribution in [2.24, 2.45) is 0 Å². The van der Waals surface area contributed by atoms with Crippen molar-refractivity contribution in [2.75, 3.05) is 5.32 Å². The van der Waals surface area contributed by atoms with Crippen LogP contribution in [-0.4, -0.2) is 10.9 Å². The Balaban J connectivity index is 2.21. The van der Waals surface area contributed by atoms with Crippen molar-refractivity contribution in [1.82, 2.24) is 4.98 Å². The first-order chi connectivity index (χ1) is 8.56. The summed E-state index contributed by atoms with van der Waals surface area (Å²) in [6.45, 7) is 1.84. The van der Waals surface area contributed by atoms with Gasteiger partial charge in [-0.2, -0.15) is 0 Å². The van der Waals surface area contributed by atoms with Crippen LogP contribution in [0.15, 0.2) is 40.9 Å². The van der Waals surface area contributed by atoms with E-state index in [4.69, 9.17) is 11.6 Å². The van der Waals surface area contributed by atoms with Gasteiger partial charge in [-0.05, 0) is 53.2 Å². The van der Waals surface area contributed by atoms with Gasteiger partial charge in [-0.1, -0.05) is 17.7 Å². The highest BCUT2D eigenvalue weighted by atomic mass is 79.9. The molecule has 18 heavy (non-hydrogen) atoms. The maximum absolute atomic E-state index is 12.0. The number of amides is 1. The predicted octanol–water partition coefficient (Wildman–Crippen LogP) is 4.06. The number of pyridine rings is 1. The van der Waals surface area contributed by atoms with Gasteiger partial charge >= 0.3 is 0 Å². The molecule has 0 unspecified atom stereocenters. The highest BCUT2D eigenvalue weighted by Gasteiger charge is 2.09. The van der Waals surface area contributed by atoms with Gasteiger partial charge in [0.25, 0.3) is 5.91 Å². The minimum absolute atomic E-state index is 0.248. The summed E-state index contributed by atoms with van der Waals surface area (Å²) >= 11 is 9.18. The SMILES string of the molecule is Cc1cccc(C(=O)Nc2ccc(Cl)cc2Br)n1. The van der Waals surface area contributed by atoms with Gasteiger partial charge < -0.3 is 5.32 Å². The van der Waals surface area contributed by atoms with Gasteiger partial charge in [-0.15, -0.1) is 0 Å². The van der Waals surface area contributed by atoms with E-state index in [0.717, 1.165) is 10.2 Å². The second-order valence-electron chi connectivity index (χ2n) is 3.74. The number of nitrogens with zero attached hydrogens (tertiary/aromatic N) is 1. The second-order valence-corrected chi connectivity index (χ2v) is 5.03. The Kier molecular flexibility index (Phi) is 3.99. The van der Waals surface area contributed by atoms with Crippen LogP contribution in [0.4, 0.5) is 5.69 Å². The molecule has 3 nitrogen and oxygen atoms in total. The molecule has 0 aliphatic rings. The molecule has 0 spiro atoms. The minimum Gasteiger partial charge on any atom is -0.320 e. The Morgan fingerprint density at radius 3 is 2.78 bits per heavy atom. The van der Waals surface area contributed by atoms with Gasteiger partial charge in [0.1, 0.15) is 5.69 Å². The van der Waals surface area contributed by atoms with E-state index in [1.54, 1.807) is 30.3 Å². The molecule has 1 amide bonds. The standard InChI is InChI=1S/C13H10BrClN2O/c1-8-3-2-4-12(16-8)13(18)17-11-6-5-9(15)7-10(11)14/h2-7H,1H3,(H,17,18).